The summed E-state index contributed by atoms with van der Waals surface area (Å²) in [4.78, 5) is 20.3. The second-order valence-corrected chi connectivity index (χ2v) is 5.63. The van der Waals surface area contributed by atoms with Crippen molar-refractivity contribution in [3.63, 3.8) is 0 Å². The molecule has 0 unspecified atom stereocenters. The Morgan fingerprint density at radius 1 is 1.35 bits per heavy atom. The number of pyridine rings is 1. The second-order valence-electron chi connectivity index (χ2n) is 5.63. The molecule has 0 saturated heterocycles. The molecule has 2 aliphatic rings. The van der Waals surface area contributed by atoms with Crippen LogP contribution in [0.15, 0.2) is 17.1 Å². The third-order valence-electron chi connectivity index (χ3n) is 4.44. The Morgan fingerprint density at radius 3 is 2.85 bits per heavy atom. The van der Waals surface area contributed by atoms with Gasteiger partial charge in [-0.2, -0.15) is 4.98 Å². The van der Waals surface area contributed by atoms with Crippen molar-refractivity contribution in [2.24, 2.45) is 0 Å². The second kappa shape index (κ2) is 3.84. The number of aryl methyl sites for hydroxylation is 2. The third kappa shape index (κ3) is 1.47. The Morgan fingerprint density at radius 2 is 2.15 bits per heavy atom. The molecule has 4 rings (SSSR count). The van der Waals surface area contributed by atoms with Crippen LogP contribution in [0.4, 0.5) is 8.78 Å². The average Bonchev–Trinajstić information content (AvgIpc) is 3.13. The van der Waals surface area contributed by atoms with Crippen LogP contribution >= 0.6 is 0 Å². The number of hydrogen-bond acceptors (Lipinski definition) is 3. The lowest BCUT2D eigenvalue weighted by molar-refractivity contribution is 0.0999. The highest BCUT2D eigenvalue weighted by atomic mass is 19.3. The number of hydrogen-bond donors (Lipinski definition) is 0. The van der Waals surface area contributed by atoms with Gasteiger partial charge in [0.25, 0.3) is 5.56 Å². The lowest BCUT2D eigenvalue weighted by atomic mass is 10.0. The minimum atomic E-state index is -2.43. The van der Waals surface area contributed by atoms with Gasteiger partial charge in [0.1, 0.15) is 5.82 Å². The molecule has 6 heteroatoms. The van der Waals surface area contributed by atoms with E-state index in [4.69, 9.17) is 0 Å². The predicted molar refractivity (Wildman–Crippen MR) is 69.0 cm³/mol. The molecule has 1 aliphatic carbocycles. The molecule has 0 atom stereocenters. The molecule has 2 aromatic heterocycles. The summed E-state index contributed by atoms with van der Waals surface area (Å²) in [5.74, 6) is 0.770. The molecule has 1 aliphatic heterocycles. The summed E-state index contributed by atoms with van der Waals surface area (Å²) in [5.41, 5.74) is -0.421. The number of nitrogens with zero attached hydrogens (tertiary/aromatic N) is 3. The van der Waals surface area contributed by atoms with E-state index >= 15 is 0 Å². The van der Waals surface area contributed by atoms with Crippen molar-refractivity contribution in [2.75, 3.05) is 0 Å². The van der Waals surface area contributed by atoms with E-state index in [1.165, 1.54) is 6.07 Å². The van der Waals surface area contributed by atoms with Gasteiger partial charge in [0.2, 0.25) is 6.43 Å². The summed E-state index contributed by atoms with van der Waals surface area (Å²) in [6.07, 6.45) is 1.73. The van der Waals surface area contributed by atoms with Crippen LogP contribution in [0.2, 0.25) is 0 Å². The molecule has 3 heterocycles. The van der Waals surface area contributed by atoms with Crippen LogP contribution in [-0.4, -0.2) is 21.0 Å². The first-order valence-corrected chi connectivity index (χ1v) is 6.80. The van der Waals surface area contributed by atoms with Gasteiger partial charge in [-0.3, -0.25) is 9.78 Å². The first-order chi connectivity index (χ1) is 9.62. The van der Waals surface area contributed by atoms with Gasteiger partial charge in [-0.05, 0) is 25.3 Å². The van der Waals surface area contributed by atoms with Gasteiger partial charge in [-0.25, -0.2) is 8.78 Å². The molecule has 0 radical (unpaired) electrons. The first-order valence-electron chi connectivity index (χ1n) is 6.80. The molecular formula is C14H13F2N3O. The van der Waals surface area contributed by atoms with E-state index in [0.29, 0.717) is 29.4 Å². The van der Waals surface area contributed by atoms with Gasteiger partial charge in [0, 0.05) is 13.0 Å². The molecule has 1 saturated carbocycles. The molecule has 0 aromatic carbocycles. The number of aromatic nitrogens is 3. The van der Waals surface area contributed by atoms with E-state index in [-0.39, 0.29) is 5.56 Å². The molecule has 0 spiro atoms. The van der Waals surface area contributed by atoms with Crippen LogP contribution in [0.1, 0.15) is 30.8 Å². The maximum Gasteiger partial charge on any atom is 0.280 e. The maximum absolute atomic E-state index is 13.1. The van der Waals surface area contributed by atoms with E-state index in [0.717, 1.165) is 25.2 Å². The highest BCUT2D eigenvalue weighted by Gasteiger charge is 2.53. The molecule has 0 amide bonds. The maximum atomic E-state index is 13.1. The van der Waals surface area contributed by atoms with Crippen LogP contribution in [0.25, 0.3) is 10.9 Å². The smallest absolute Gasteiger partial charge is 0.280 e. The van der Waals surface area contributed by atoms with Crippen molar-refractivity contribution in [3.8, 4) is 0 Å². The minimum absolute atomic E-state index is 0.331. The fourth-order valence-electron chi connectivity index (χ4n) is 3.04. The normalized spacial score (nSPS) is 19.6. The molecular weight excluding hydrogens is 264 g/mol. The van der Waals surface area contributed by atoms with Crippen LogP contribution in [0.5, 0.6) is 0 Å². The standard InChI is InChI=1S/C14H13F2N3O/c15-13(16)14(3-4-14)10-6-8-9(7-17-10)19-5-1-2-11(19)18-12(8)20/h6-7,13H,1-5H2. The lowest BCUT2D eigenvalue weighted by Crippen LogP contribution is -2.21. The molecule has 0 N–H and O–H groups in total. The zero-order chi connectivity index (χ0) is 13.9. The number of halogens is 2. The van der Waals surface area contributed by atoms with E-state index in [1.54, 1.807) is 6.20 Å². The van der Waals surface area contributed by atoms with Gasteiger partial charge in [0.15, 0.2) is 0 Å². The Bertz CT molecular complexity index is 765. The van der Waals surface area contributed by atoms with E-state index in [9.17, 15) is 13.6 Å². The van der Waals surface area contributed by atoms with Crippen molar-refractivity contribution in [2.45, 2.75) is 44.1 Å². The Kier molecular flexibility index (Phi) is 2.29. The van der Waals surface area contributed by atoms with Gasteiger partial charge < -0.3 is 4.57 Å². The van der Waals surface area contributed by atoms with Crippen molar-refractivity contribution < 1.29 is 8.78 Å². The van der Waals surface area contributed by atoms with Gasteiger partial charge >= 0.3 is 0 Å². The van der Waals surface area contributed by atoms with Crippen molar-refractivity contribution in [1.29, 1.82) is 0 Å². The monoisotopic (exact) mass is 277 g/mol. The molecule has 1 fully saturated rings. The summed E-state index contributed by atoms with van der Waals surface area (Å²) < 4.78 is 28.3. The van der Waals surface area contributed by atoms with Crippen molar-refractivity contribution in [3.05, 3.63) is 34.1 Å². The summed E-state index contributed by atoms with van der Waals surface area (Å²) in [5, 5.41) is 0.410. The summed E-state index contributed by atoms with van der Waals surface area (Å²) in [6, 6.07) is 1.52. The molecule has 4 nitrogen and oxygen atoms in total. The molecule has 0 bridgehead atoms. The zero-order valence-electron chi connectivity index (χ0n) is 10.8. The predicted octanol–water partition coefficient (Wildman–Crippen LogP) is 2.03. The molecule has 2 aromatic rings. The van der Waals surface area contributed by atoms with Crippen LogP contribution in [0.3, 0.4) is 0 Å². The molecule has 104 valence electrons. The Balaban J connectivity index is 1.95. The first kappa shape index (κ1) is 11.9. The third-order valence-corrected chi connectivity index (χ3v) is 4.44. The van der Waals surface area contributed by atoms with E-state index in [2.05, 4.69) is 9.97 Å². The van der Waals surface area contributed by atoms with Crippen molar-refractivity contribution >= 4 is 10.9 Å². The number of alkyl halides is 2. The number of rotatable bonds is 2. The summed E-state index contributed by atoms with van der Waals surface area (Å²) >= 11 is 0. The zero-order valence-corrected chi connectivity index (χ0v) is 10.8. The fourth-order valence-corrected chi connectivity index (χ4v) is 3.04. The SMILES string of the molecule is O=c1nc2n(c3cnc(C4(C(F)F)CC4)cc13)CCC2. The van der Waals surface area contributed by atoms with E-state index in [1.807, 2.05) is 4.57 Å². The fraction of sp³-hybridized carbons (Fsp3) is 0.500. The van der Waals surface area contributed by atoms with Gasteiger partial charge in [0.05, 0.1) is 28.2 Å². The van der Waals surface area contributed by atoms with Crippen LogP contribution < -0.4 is 5.56 Å². The summed E-state index contributed by atoms with van der Waals surface area (Å²) in [6.45, 7) is 0.806. The average molecular weight is 277 g/mol. The van der Waals surface area contributed by atoms with Crippen LogP contribution in [0, 0.1) is 0 Å². The Labute approximate surface area is 113 Å². The number of fused-ring (bicyclic) bond motifs is 3. The van der Waals surface area contributed by atoms with Gasteiger partial charge in [-0.15, -0.1) is 0 Å². The highest BCUT2D eigenvalue weighted by molar-refractivity contribution is 5.78. The topological polar surface area (TPSA) is 47.8 Å². The van der Waals surface area contributed by atoms with Crippen LogP contribution in [-0.2, 0) is 18.4 Å². The lowest BCUT2D eigenvalue weighted by Gasteiger charge is -2.15. The van der Waals surface area contributed by atoms with Gasteiger partial charge in [-0.1, -0.05) is 0 Å². The van der Waals surface area contributed by atoms with Crippen molar-refractivity contribution in [1.82, 2.24) is 14.5 Å². The Hall–Kier alpha value is -1.85. The summed E-state index contributed by atoms with van der Waals surface area (Å²) in [7, 11) is 0. The quantitative estimate of drug-likeness (QED) is 0.844. The minimum Gasteiger partial charge on any atom is -0.328 e. The largest absolute Gasteiger partial charge is 0.328 e. The highest BCUT2D eigenvalue weighted by Crippen LogP contribution is 2.52. The van der Waals surface area contributed by atoms with E-state index < -0.39 is 11.8 Å². The molecule has 20 heavy (non-hydrogen) atoms.